The van der Waals surface area contributed by atoms with Crippen LogP contribution in [0.5, 0.6) is 5.75 Å². The molecule has 94 valence electrons. The lowest BCUT2D eigenvalue weighted by molar-refractivity contribution is 0.415. The number of methoxy groups -OCH3 is 1. The summed E-state index contributed by atoms with van der Waals surface area (Å²) in [5.74, 6) is 0.760. The van der Waals surface area contributed by atoms with Crippen LogP contribution in [0.25, 0.3) is 0 Å². The Hall–Kier alpha value is -1.99. The van der Waals surface area contributed by atoms with Crippen molar-refractivity contribution in [2.45, 2.75) is 6.42 Å². The number of hydrogen-bond acceptors (Lipinski definition) is 4. The van der Waals surface area contributed by atoms with Gasteiger partial charge in [-0.2, -0.15) is 5.26 Å². The molecule has 0 radical (unpaired) electrons. The molecule has 2 N–H and O–H groups in total. The minimum absolute atomic E-state index is 0.644. The fourth-order valence-electron chi connectivity index (χ4n) is 1.93. The lowest BCUT2D eigenvalue weighted by Gasteiger charge is -2.16. The molecule has 1 aromatic carbocycles. The highest BCUT2D eigenvalue weighted by atomic mass is 16.5. The summed E-state index contributed by atoms with van der Waals surface area (Å²) in [4.78, 5) is 0. The molecular weight excluding hydrogens is 226 g/mol. The molecule has 18 heavy (non-hydrogen) atoms. The van der Waals surface area contributed by atoms with Crippen molar-refractivity contribution in [2.75, 3.05) is 32.1 Å². The zero-order valence-corrected chi connectivity index (χ0v) is 10.5. The van der Waals surface area contributed by atoms with Crippen LogP contribution in [-0.2, 0) is 0 Å². The Morgan fingerprint density at radius 1 is 1.50 bits per heavy atom. The second-order valence-corrected chi connectivity index (χ2v) is 4.19. The van der Waals surface area contributed by atoms with Gasteiger partial charge in [-0.25, -0.2) is 0 Å². The Balaban J connectivity index is 2.07. The summed E-state index contributed by atoms with van der Waals surface area (Å²) < 4.78 is 5.17. The van der Waals surface area contributed by atoms with E-state index in [1.807, 2.05) is 6.07 Å². The van der Waals surface area contributed by atoms with Gasteiger partial charge < -0.3 is 15.4 Å². The van der Waals surface area contributed by atoms with Crippen LogP contribution in [-0.4, -0.2) is 26.7 Å². The lowest BCUT2D eigenvalue weighted by Crippen LogP contribution is -2.23. The van der Waals surface area contributed by atoms with Crippen molar-refractivity contribution in [1.29, 1.82) is 5.26 Å². The normalized spacial score (nSPS) is 14.6. The third-order valence-corrected chi connectivity index (χ3v) is 3.01. The molecule has 0 spiro atoms. The molecule has 2 rings (SSSR count). The number of hydrogen-bond donors (Lipinski definition) is 2. The highest BCUT2D eigenvalue weighted by molar-refractivity contribution is 5.60. The Morgan fingerprint density at radius 2 is 2.39 bits per heavy atom. The molecule has 0 bridgehead atoms. The summed E-state index contributed by atoms with van der Waals surface area (Å²) in [6, 6.07) is 7.62. The highest BCUT2D eigenvalue weighted by Gasteiger charge is 2.06. The third-order valence-electron chi connectivity index (χ3n) is 3.01. The van der Waals surface area contributed by atoms with Gasteiger partial charge in [0, 0.05) is 19.2 Å². The van der Waals surface area contributed by atoms with Crippen molar-refractivity contribution in [1.82, 2.24) is 5.32 Å². The fraction of sp³-hybridized carbons (Fsp3) is 0.357. The van der Waals surface area contributed by atoms with E-state index in [9.17, 15) is 0 Å². The maximum absolute atomic E-state index is 9.06. The van der Waals surface area contributed by atoms with Gasteiger partial charge in [-0.1, -0.05) is 11.6 Å². The minimum Gasteiger partial charge on any atom is -0.497 e. The van der Waals surface area contributed by atoms with Crippen molar-refractivity contribution in [3.05, 3.63) is 35.4 Å². The molecule has 0 saturated heterocycles. The first-order valence-corrected chi connectivity index (χ1v) is 6.04. The van der Waals surface area contributed by atoms with Gasteiger partial charge in [-0.05, 0) is 25.1 Å². The molecular formula is C14H17N3O. The summed E-state index contributed by atoms with van der Waals surface area (Å²) in [7, 11) is 1.63. The molecule has 1 aromatic rings. The van der Waals surface area contributed by atoms with Crippen molar-refractivity contribution in [3.8, 4) is 11.8 Å². The Kier molecular flexibility index (Phi) is 4.21. The fourth-order valence-corrected chi connectivity index (χ4v) is 1.93. The molecule has 1 aliphatic heterocycles. The Bertz CT molecular complexity index is 488. The van der Waals surface area contributed by atoms with Crippen LogP contribution in [0.1, 0.15) is 12.0 Å². The van der Waals surface area contributed by atoms with Crippen molar-refractivity contribution in [2.24, 2.45) is 0 Å². The van der Waals surface area contributed by atoms with Crippen LogP contribution >= 0.6 is 0 Å². The van der Waals surface area contributed by atoms with Crippen molar-refractivity contribution in [3.63, 3.8) is 0 Å². The van der Waals surface area contributed by atoms with Gasteiger partial charge in [0.05, 0.1) is 18.4 Å². The summed E-state index contributed by atoms with van der Waals surface area (Å²) in [6.07, 6.45) is 3.25. The van der Waals surface area contributed by atoms with Crippen LogP contribution in [0.15, 0.2) is 29.8 Å². The van der Waals surface area contributed by atoms with Crippen molar-refractivity contribution >= 4 is 5.69 Å². The number of anilines is 1. The molecule has 0 aliphatic carbocycles. The predicted octanol–water partition coefficient (Wildman–Crippen LogP) is 1.90. The van der Waals surface area contributed by atoms with E-state index >= 15 is 0 Å². The van der Waals surface area contributed by atoms with Crippen LogP contribution < -0.4 is 15.4 Å². The minimum atomic E-state index is 0.644. The number of benzene rings is 1. The zero-order chi connectivity index (χ0) is 12.8. The van der Waals surface area contributed by atoms with Gasteiger partial charge in [-0.15, -0.1) is 0 Å². The zero-order valence-electron chi connectivity index (χ0n) is 10.5. The second-order valence-electron chi connectivity index (χ2n) is 4.19. The molecule has 0 atom stereocenters. The van der Waals surface area contributed by atoms with Crippen LogP contribution in [0, 0.1) is 11.3 Å². The molecule has 0 saturated carbocycles. The maximum Gasteiger partial charge on any atom is 0.121 e. The quantitative estimate of drug-likeness (QED) is 0.793. The van der Waals surface area contributed by atoms with Crippen LogP contribution in [0.3, 0.4) is 0 Å². The van der Waals surface area contributed by atoms with Gasteiger partial charge in [0.15, 0.2) is 0 Å². The van der Waals surface area contributed by atoms with E-state index in [0.29, 0.717) is 5.56 Å². The van der Waals surface area contributed by atoms with Crippen molar-refractivity contribution < 1.29 is 4.74 Å². The monoisotopic (exact) mass is 243 g/mol. The van der Waals surface area contributed by atoms with E-state index in [4.69, 9.17) is 10.00 Å². The predicted molar refractivity (Wildman–Crippen MR) is 71.8 cm³/mol. The van der Waals surface area contributed by atoms with Crippen LogP contribution in [0.2, 0.25) is 0 Å². The number of nitrogens with zero attached hydrogens (tertiary/aromatic N) is 1. The summed E-state index contributed by atoms with van der Waals surface area (Å²) >= 11 is 0. The van der Waals surface area contributed by atoms with E-state index in [0.717, 1.165) is 37.5 Å². The first kappa shape index (κ1) is 12.5. The molecule has 0 aromatic heterocycles. The Labute approximate surface area is 107 Å². The number of ether oxygens (including phenoxy) is 1. The van der Waals surface area contributed by atoms with Gasteiger partial charge in [0.1, 0.15) is 11.8 Å². The second kappa shape index (κ2) is 6.08. The van der Waals surface area contributed by atoms with Gasteiger partial charge in [0.25, 0.3) is 0 Å². The number of nitrogens with one attached hydrogen (secondary N) is 2. The summed E-state index contributed by atoms with van der Waals surface area (Å²) in [6.45, 7) is 2.74. The first-order chi connectivity index (χ1) is 8.83. The standard InChI is InChI=1S/C14H17N3O/c1-18-13-3-2-12(9-15)14(8-13)17-10-11-4-6-16-7-5-11/h2-4,8,16-17H,5-7,10H2,1H3. The van der Waals surface area contributed by atoms with E-state index in [1.54, 1.807) is 19.2 Å². The topological polar surface area (TPSA) is 57.1 Å². The molecule has 0 fully saturated rings. The Morgan fingerprint density at radius 3 is 3.06 bits per heavy atom. The van der Waals surface area contributed by atoms with Crippen LogP contribution in [0.4, 0.5) is 5.69 Å². The molecule has 0 amide bonds. The molecule has 4 heteroatoms. The van der Waals surface area contributed by atoms with E-state index < -0.39 is 0 Å². The summed E-state index contributed by atoms with van der Waals surface area (Å²) in [5, 5.41) is 15.7. The van der Waals surface area contributed by atoms with Gasteiger partial charge >= 0.3 is 0 Å². The van der Waals surface area contributed by atoms with E-state index in [1.165, 1.54) is 5.57 Å². The maximum atomic E-state index is 9.06. The molecule has 1 heterocycles. The molecule has 1 aliphatic rings. The largest absolute Gasteiger partial charge is 0.497 e. The number of nitriles is 1. The smallest absolute Gasteiger partial charge is 0.121 e. The first-order valence-electron chi connectivity index (χ1n) is 6.04. The van der Waals surface area contributed by atoms with Gasteiger partial charge in [-0.3, -0.25) is 0 Å². The molecule has 4 nitrogen and oxygen atoms in total. The highest BCUT2D eigenvalue weighted by Crippen LogP contribution is 2.22. The SMILES string of the molecule is COc1ccc(C#N)c(NCC2=CCNCC2)c1. The lowest BCUT2D eigenvalue weighted by atomic mass is 10.1. The molecule has 0 unspecified atom stereocenters. The van der Waals surface area contributed by atoms with E-state index in [-0.39, 0.29) is 0 Å². The third kappa shape index (κ3) is 3.02. The average Bonchev–Trinajstić information content (AvgIpc) is 2.45. The average molecular weight is 243 g/mol. The summed E-state index contributed by atoms with van der Waals surface area (Å²) in [5.41, 5.74) is 2.85. The van der Waals surface area contributed by atoms with Gasteiger partial charge in [0.2, 0.25) is 0 Å². The number of rotatable bonds is 4. The van der Waals surface area contributed by atoms with E-state index in [2.05, 4.69) is 22.8 Å².